The zero-order valence-corrected chi connectivity index (χ0v) is 20.4. The molecule has 0 bridgehead atoms. The molecule has 2 heterocycles. The molecule has 1 saturated heterocycles. The van der Waals surface area contributed by atoms with Crippen LogP contribution in [0.4, 0.5) is 11.5 Å². The van der Waals surface area contributed by atoms with Gasteiger partial charge in [0.2, 0.25) is 0 Å². The Morgan fingerprint density at radius 3 is 2.74 bits per heavy atom. The van der Waals surface area contributed by atoms with Crippen LogP contribution in [0.1, 0.15) is 44.2 Å². The molecule has 2 aromatic rings. The van der Waals surface area contributed by atoms with Crippen molar-refractivity contribution >= 4 is 17.5 Å². The van der Waals surface area contributed by atoms with Crippen LogP contribution in [0, 0.1) is 6.92 Å². The van der Waals surface area contributed by atoms with Gasteiger partial charge >= 0.3 is 11.7 Å². The summed E-state index contributed by atoms with van der Waals surface area (Å²) in [6.45, 7) is 9.32. The first-order chi connectivity index (χ1) is 16.4. The molecular formula is C25H36N4O5. The third kappa shape index (κ3) is 7.04. The Balaban J connectivity index is 1.54. The van der Waals surface area contributed by atoms with Gasteiger partial charge in [-0.25, -0.2) is 4.79 Å². The molecule has 2 N–H and O–H groups in total. The molecule has 1 fully saturated rings. The van der Waals surface area contributed by atoms with Crippen molar-refractivity contribution in [3.8, 4) is 0 Å². The van der Waals surface area contributed by atoms with Crippen LogP contribution in [0.25, 0.3) is 0 Å². The minimum absolute atomic E-state index is 0.000665. The fraction of sp³-hybridized carbons (Fsp3) is 0.560. The first-order valence-corrected chi connectivity index (χ1v) is 12.1. The maximum atomic E-state index is 12.6. The number of ether oxygens (including phenoxy) is 2. The standard InChI is InChI=1S/C25H36N4O5/c1-4-19-14-20(9-8-18(19)3)26-22-16-23(30)29(25(32)27-22)11-7-6-10-28-12-13-33-17-21(28)15-24(31)34-5-2/h8-9,14,16,21,26H,4-7,10-13,15,17H2,1-3H3,(H,27,32). The van der Waals surface area contributed by atoms with Crippen molar-refractivity contribution in [1.82, 2.24) is 14.5 Å². The summed E-state index contributed by atoms with van der Waals surface area (Å²) >= 11 is 0. The van der Waals surface area contributed by atoms with Gasteiger partial charge in [0.25, 0.3) is 5.56 Å². The van der Waals surface area contributed by atoms with Crippen molar-refractivity contribution in [3.63, 3.8) is 0 Å². The minimum Gasteiger partial charge on any atom is -0.466 e. The first kappa shape index (κ1) is 25.7. The van der Waals surface area contributed by atoms with Crippen LogP contribution in [0.2, 0.25) is 0 Å². The zero-order valence-electron chi connectivity index (χ0n) is 20.4. The third-order valence-corrected chi connectivity index (χ3v) is 6.16. The van der Waals surface area contributed by atoms with Gasteiger partial charge in [-0.2, -0.15) is 0 Å². The lowest BCUT2D eigenvalue weighted by molar-refractivity contribution is -0.146. The number of carbonyl (C=O) groups excluding carboxylic acids is 1. The number of carbonyl (C=O) groups is 1. The van der Waals surface area contributed by atoms with Crippen LogP contribution < -0.4 is 16.6 Å². The number of unbranched alkanes of at least 4 members (excludes halogenated alkanes) is 1. The molecule has 1 aliphatic heterocycles. The second-order valence-electron chi connectivity index (χ2n) is 8.58. The number of aromatic nitrogens is 2. The highest BCUT2D eigenvalue weighted by molar-refractivity contribution is 5.70. The summed E-state index contributed by atoms with van der Waals surface area (Å²) in [5.41, 5.74) is 2.50. The van der Waals surface area contributed by atoms with Crippen LogP contribution in [-0.4, -0.2) is 59.4 Å². The number of nitrogens with zero attached hydrogens (tertiary/aromatic N) is 2. The maximum absolute atomic E-state index is 12.6. The van der Waals surface area contributed by atoms with E-state index in [2.05, 4.69) is 29.0 Å². The van der Waals surface area contributed by atoms with Crippen LogP contribution in [0.15, 0.2) is 33.9 Å². The monoisotopic (exact) mass is 472 g/mol. The van der Waals surface area contributed by atoms with Crippen molar-refractivity contribution < 1.29 is 14.3 Å². The Morgan fingerprint density at radius 1 is 1.21 bits per heavy atom. The van der Waals surface area contributed by atoms with Crippen molar-refractivity contribution in [2.45, 2.75) is 59.0 Å². The molecule has 0 saturated carbocycles. The Morgan fingerprint density at radius 2 is 2.00 bits per heavy atom. The van der Waals surface area contributed by atoms with E-state index in [-0.39, 0.29) is 17.6 Å². The van der Waals surface area contributed by atoms with Gasteiger partial charge in [-0.15, -0.1) is 0 Å². The Hall–Kier alpha value is -2.91. The number of hydrogen-bond acceptors (Lipinski definition) is 7. The average Bonchev–Trinajstić information content (AvgIpc) is 2.80. The molecule has 1 aliphatic rings. The Kier molecular flexibility index (Phi) is 9.47. The van der Waals surface area contributed by atoms with E-state index in [4.69, 9.17) is 9.47 Å². The molecule has 186 valence electrons. The lowest BCUT2D eigenvalue weighted by Gasteiger charge is -2.35. The van der Waals surface area contributed by atoms with Crippen molar-refractivity contribution in [2.75, 3.05) is 38.2 Å². The number of rotatable bonds is 11. The minimum atomic E-state index is -0.426. The lowest BCUT2D eigenvalue weighted by Crippen LogP contribution is -2.47. The van der Waals surface area contributed by atoms with Gasteiger partial charge in [0.15, 0.2) is 0 Å². The molecule has 9 heteroatoms. The van der Waals surface area contributed by atoms with Crippen LogP contribution in [0.5, 0.6) is 0 Å². The Labute approximate surface area is 200 Å². The zero-order chi connectivity index (χ0) is 24.5. The summed E-state index contributed by atoms with van der Waals surface area (Å²) in [5, 5.41) is 3.13. The number of morpholine rings is 1. The van der Waals surface area contributed by atoms with Crippen LogP contribution >= 0.6 is 0 Å². The SMILES string of the molecule is CCOC(=O)CC1COCCN1CCCCn1c(=O)cc(Nc2ccc(C)c(CC)c2)[nH]c1=O. The predicted molar refractivity (Wildman–Crippen MR) is 132 cm³/mol. The molecule has 3 rings (SSSR count). The van der Waals surface area contributed by atoms with Crippen molar-refractivity contribution in [2.24, 2.45) is 0 Å². The second kappa shape index (κ2) is 12.5. The fourth-order valence-electron chi connectivity index (χ4n) is 4.25. The third-order valence-electron chi connectivity index (χ3n) is 6.16. The number of benzene rings is 1. The number of esters is 1. The van der Waals surface area contributed by atoms with E-state index in [9.17, 15) is 14.4 Å². The molecule has 1 aromatic heterocycles. The predicted octanol–water partition coefficient (Wildman–Crippen LogP) is 2.59. The van der Waals surface area contributed by atoms with Gasteiger partial charge < -0.3 is 14.8 Å². The highest BCUT2D eigenvalue weighted by Crippen LogP contribution is 2.18. The number of nitrogens with one attached hydrogen (secondary N) is 2. The number of anilines is 2. The van der Waals surface area contributed by atoms with Gasteiger partial charge in [0.05, 0.1) is 26.2 Å². The van der Waals surface area contributed by atoms with Crippen LogP contribution in [0.3, 0.4) is 0 Å². The van der Waals surface area contributed by atoms with Crippen molar-refractivity contribution in [1.29, 1.82) is 0 Å². The molecule has 1 unspecified atom stereocenters. The first-order valence-electron chi connectivity index (χ1n) is 12.1. The molecule has 0 spiro atoms. The molecule has 0 radical (unpaired) electrons. The van der Waals surface area contributed by atoms with Gasteiger partial charge in [-0.05, 0) is 62.9 Å². The summed E-state index contributed by atoms with van der Waals surface area (Å²) in [7, 11) is 0. The Bertz CT molecular complexity index is 1050. The fourth-order valence-corrected chi connectivity index (χ4v) is 4.25. The number of aryl methyl sites for hydroxylation is 2. The molecule has 0 aliphatic carbocycles. The quantitative estimate of drug-likeness (QED) is 0.382. The summed E-state index contributed by atoms with van der Waals surface area (Å²) in [4.78, 5) is 42.0. The molecule has 1 aromatic carbocycles. The summed E-state index contributed by atoms with van der Waals surface area (Å²) in [6.07, 6.45) is 2.70. The van der Waals surface area contributed by atoms with E-state index < -0.39 is 5.69 Å². The largest absolute Gasteiger partial charge is 0.466 e. The van der Waals surface area contributed by atoms with E-state index in [0.29, 0.717) is 45.0 Å². The van der Waals surface area contributed by atoms with Gasteiger partial charge in [-0.3, -0.25) is 24.0 Å². The van der Waals surface area contributed by atoms with Crippen molar-refractivity contribution in [3.05, 3.63) is 56.2 Å². The van der Waals surface area contributed by atoms with Gasteiger partial charge in [0, 0.05) is 30.9 Å². The smallest absolute Gasteiger partial charge is 0.329 e. The average molecular weight is 473 g/mol. The summed E-state index contributed by atoms with van der Waals surface area (Å²) < 4.78 is 11.8. The second-order valence-corrected chi connectivity index (χ2v) is 8.58. The van der Waals surface area contributed by atoms with E-state index >= 15 is 0 Å². The summed E-state index contributed by atoms with van der Waals surface area (Å²) in [5.74, 6) is 0.165. The molecule has 0 amide bonds. The highest BCUT2D eigenvalue weighted by Gasteiger charge is 2.25. The highest BCUT2D eigenvalue weighted by atomic mass is 16.5. The number of hydrogen-bond donors (Lipinski definition) is 2. The number of H-pyrrole nitrogens is 1. The van der Waals surface area contributed by atoms with Crippen LogP contribution in [-0.2, 0) is 27.2 Å². The van der Waals surface area contributed by atoms with E-state index in [0.717, 1.165) is 31.6 Å². The van der Waals surface area contributed by atoms with E-state index in [1.165, 1.54) is 21.8 Å². The topological polar surface area (TPSA) is 106 Å². The maximum Gasteiger partial charge on any atom is 0.329 e. The molecule has 9 nitrogen and oxygen atoms in total. The number of aromatic amines is 1. The van der Waals surface area contributed by atoms with Gasteiger partial charge in [0.1, 0.15) is 5.82 Å². The van der Waals surface area contributed by atoms with E-state index in [1.54, 1.807) is 6.92 Å². The molecule has 1 atom stereocenters. The lowest BCUT2D eigenvalue weighted by atomic mass is 10.1. The normalized spacial score (nSPS) is 16.4. The molecular weight excluding hydrogens is 436 g/mol. The summed E-state index contributed by atoms with van der Waals surface area (Å²) in [6, 6.07) is 7.40. The van der Waals surface area contributed by atoms with E-state index in [1.807, 2.05) is 18.2 Å². The molecule has 34 heavy (non-hydrogen) atoms. The van der Waals surface area contributed by atoms with Gasteiger partial charge in [-0.1, -0.05) is 13.0 Å².